The maximum Gasteiger partial charge on any atom is 0.254 e. The standard InChI is InChI=1S/C53H50N2O12/c1-63-42-21-37-35-17-16-29-10-7-14-32(29)44(35)46(40(58)24-55-23-30-9-2-3-12-33(30)51(55)61)48(60)45(37)49-36(42)18-19-41(38-22-54-39-15-5-4-13-34(38)39)64-26-43-47(59)50(53(62,27-56)52(66-43)67-49)65-25-28-8-6-11-31(57)20-28/h2-6,8-9,11-13,15-22,29,32,41,43,47,50,52,54,56-57,59-60,62H,7,10,14,23-27H2,1H3. The van der Waals surface area contributed by atoms with Crippen molar-refractivity contribution in [1.82, 2.24) is 9.88 Å². The molecule has 5 aromatic carbocycles. The number of para-hydroxylation sites is 1. The minimum Gasteiger partial charge on any atom is -0.508 e. The van der Waals surface area contributed by atoms with Gasteiger partial charge in [-0.1, -0.05) is 73.2 Å². The number of aliphatic hydroxyl groups is 3. The van der Waals surface area contributed by atoms with Crippen molar-refractivity contribution in [2.75, 3.05) is 26.9 Å². The van der Waals surface area contributed by atoms with Crippen LogP contribution in [0.3, 0.4) is 0 Å². The van der Waals surface area contributed by atoms with Gasteiger partial charge in [0.1, 0.15) is 47.4 Å². The zero-order chi connectivity index (χ0) is 46.1. The van der Waals surface area contributed by atoms with Crippen molar-refractivity contribution in [2.24, 2.45) is 5.92 Å². The van der Waals surface area contributed by atoms with E-state index in [0.29, 0.717) is 33.4 Å². The molecule has 1 saturated heterocycles. The number of hydrogen-bond donors (Lipinski definition) is 6. The number of allylic oxidation sites excluding steroid dienone is 1. The molecule has 3 aliphatic heterocycles. The number of aliphatic hydroxyl groups excluding tert-OH is 2. The molecule has 0 spiro atoms. The minimum absolute atomic E-state index is 0.0135. The summed E-state index contributed by atoms with van der Waals surface area (Å²) in [7, 11) is 1.50. The maximum absolute atomic E-state index is 15.0. The average Bonchev–Trinajstić information content (AvgIpc) is 4.07. The molecule has 11 rings (SSSR count). The van der Waals surface area contributed by atoms with Crippen LogP contribution in [0.1, 0.15) is 85.4 Å². The molecule has 8 unspecified atom stereocenters. The number of carbonyl (C=O) groups excluding carboxylic acids is 2. The summed E-state index contributed by atoms with van der Waals surface area (Å²) in [5, 5.41) is 60.5. The van der Waals surface area contributed by atoms with Crippen molar-refractivity contribution < 1.29 is 58.8 Å². The Kier molecular flexibility index (Phi) is 10.9. The van der Waals surface area contributed by atoms with Crippen LogP contribution >= 0.6 is 0 Å². The van der Waals surface area contributed by atoms with Gasteiger partial charge >= 0.3 is 0 Å². The highest BCUT2D eigenvalue weighted by atomic mass is 16.7. The Morgan fingerprint density at radius 1 is 0.970 bits per heavy atom. The fourth-order valence-electron chi connectivity index (χ4n) is 11.0. The van der Waals surface area contributed by atoms with E-state index in [0.717, 1.165) is 41.3 Å². The molecule has 1 amide bonds. The number of phenolic OH excluding ortho intramolecular Hbond substituents is 2. The predicted molar refractivity (Wildman–Crippen MR) is 247 cm³/mol. The number of phenols is 2. The molecule has 5 aliphatic rings. The summed E-state index contributed by atoms with van der Waals surface area (Å²) in [4.78, 5) is 33.5. The van der Waals surface area contributed by atoms with E-state index in [9.17, 15) is 30.3 Å². The highest BCUT2D eigenvalue weighted by Gasteiger charge is 2.58. The summed E-state index contributed by atoms with van der Waals surface area (Å²) in [5.41, 5.74) is 2.76. The van der Waals surface area contributed by atoms with Crippen molar-refractivity contribution in [1.29, 1.82) is 0 Å². The number of amides is 1. The van der Waals surface area contributed by atoms with Crippen molar-refractivity contribution in [3.63, 3.8) is 0 Å². The first-order valence-electron chi connectivity index (χ1n) is 22.7. The van der Waals surface area contributed by atoms with Gasteiger partial charge in [-0.3, -0.25) is 9.59 Å². The zero-order valence-electron chi connectivity index (χ0n) is 36.6. The lowest BCUT2D eigenvalue weighted by Crippen LogP contribution is -2.70. The second-order valence-electron chi connectivity index (χ2n) is 18.2. The van der Waals surface area contributed by atoms with Gasteiger partial charge in [-0.15, -0.1) is 0 Å². The second kappa shape index (κ2) is 17.0. The summed E-state index contributed by atoms with van der Waals surface area (Å²) >= 11 is 0. The Hall–Kier alpha value is -6.52. The molecule has 2 aliphatic carbocycles. The fraction of sp³-hybridized carbons (Fsp3) is 0.321. The quantitative estimate of drug-likeness (QED) is 0.0810. The molecule has 8 atom stereocenters. The van der Waals surface area contributed by atoms with Gasteiger partial charge in [0.2, 0.25) is 6.29 Å². The third-order valence-corrected chi connectivity index (χ3v) is 14.3. The van der Waals surface area contributed by atoms with Gasteiger partial charge in [-0.25, -0.2) is 0 Å². The van der Waals surface area contributed by atoms with E-state index in [-0.39, 0.29) is 77.8 Å². The highest BCUT2D eigenvalue weighted by Crippen LogP contribution is 2.55. The van der Waals surface area contributed by atoms with Crippen LogP contribution in [0.2, 0.25) is 0 Å². The Bertz CT molecular complexity index is 3010. The Morgan fingerprint density at radius 3 is 2.61 bits per heavy atom. The number of Topliss-reactive ketones (excluding diaryl/α,β-unsaturated/α-hetero) is 1. The van der Waals surface area contributed by atoms with Crippen LogP contribution in [0.15, 0.2) is 97.2 Å². The Balaban J connectivity index is 1.11. The van der Waals surface area contributed by atoms with Crippen molar-refractivity contribution in [2.45, 2.75) is 74.6 Å². The lowest BCUT2D eigenvalue weighted by atomic mass is 9.75. The molecule has 2 fully saturated rings. The molecule has 1 aromatic heterocycles. The third-order valence-electron chi connectivity index (χ3n) is 14.3. The van der Waals surface area contributed by atoms with E-state index >= 15 is 4.79 Å². The number of aromatic hydroxyl groups is 2. The van der Waals surface area contributed by atoms with E-state index in [1.165, 1.54) is 24.1 Å². The van der Waals surface area contributed by atoms with Crippen LogP contribution < -0.4 is 9.47 Å². The van der Waals surface area contributed by atoms with Crippen LogP contribution in [0.25, 0.3) is 33.8 Å². The molecule has 6 N–H and O–H groups in total. The average molecular weight is 907 g/mol. The molecule has 0 radical (unpaired) electrons. The summed E-state index contributed by atoms with van der Waals surface area (Å²) in [5.74, 6) is -0.816. The number of hydrogen-bond acceptors (Lipinski definition) is 12. The Morgan fingerprint density at radius 2 is 1.79 bits per heavy atom. The first-order valence-corrected chi connectivity index (χ1v) is 22.7. The van der Waals surface area contributed by atoms with Crippen LogP contribution in [-0.4, -0.2) is 104 Å². The fourth-order valence-corrected chi connectivity index (χ4v) is 11.0. The van der Waals surface area contributed by atoms with Crippen molar-refractivity contribution in [3.8, 4) is 23.0 Å². The molecule has 6 aromatic rings. The van der Waals surface area contributed by atoms with Gasteiger partial charge in [0.15, 0.2) is 11.4 Å². The van der Waals surface area contributed by atoms with Crippen LogP contribution in [0.4, 0.5) is 0 Å². The van der Waals surface area contributed by atoms with Crippen molar-refractivity contribution in [3.05, 3.63) is 142 Å². The first kappa shape index (κ1) is 43.1. The minimum atomic E-state index is -2.46. The predicted octanol–water partition coefficient (Wildman–Crippen LogP) is 7.05. The zero-order valence-corrected chi connectivity index (χ0v) is 36.6. The van der Waals surface area contributed by atoms with Crippen LogP contribution in [-0.2, 0) is 27.4 Å². The first-order chi connectivity index (χ1) is 32.6. The van der Waals surface area contributed by atoms with Gasteiger partial charge in [-0.05, 0) is 83.3 Å². The lowest BCUT2D eigenvalue weighted by Gasteiger charge is -2.48. The van der Waals surface area contributed by atoms with Gasteiger partial charge in [0.25, 0.3) is 5.91 Å². The largest absolute Gasteiger partial charge is 0.508 e. The number of rotatable bonds is 9. The summed E-state index contributed by atoms with van der Waals surface area (Å²) < 4.78 is 32.4. The van der Waals surface area contributed by atoms with E-state index in [4.69, 9.17) is 23.7 Å². The van der Waals surface area contributed by atoms with Gasteiger partial charge in [0, 0.05) is 40.2 Å². The van der Waals surface area contributed by atoms with Gasteiger partial charge < -0.3 is 59.1 Å². The topological polar surface area (TPSA) is 200 Å². The SMILES string of the molecule is COc1cc2c3c(c(C(=O)CN4Cc5ccccc5C4=O)c(O)c2c2c1C=CC(c1c[nH]c4ccccc14)OCC1OC(O2)C(O)(CO)C(OCc2cccc(O)c2)C1O)C1CCCC1C=C3. The smallest absolute Gasteiger partial charge is 0.254 e. The van der Waals surface area contributed by atoms with Gasteiger partial charge in [0.05, 0.1) is 50.0 Å². The number of nitrogens with zero attached hydrogens (tertiary/aromatic N) is 1. The van der Waals surface area contributed by atoms with Crippen LogP contribution in [0, 0.1) is 5.92 Å². The lowest BCUT2D eigenvalue weighted by molar-refractivity contribution is -0.338. The monoisotopic (exact) mass is 906 g/mol. The molecule has 1 saturated carbocycles. The molecule has 14 heteroatoms. The van der Waals surface area contributed by atoms with Crippen LogP contribution in [0.5, 0.6) is 23.0 Å². The third kappa shape index (κ3) is 7.18. The van der Waals surface area contributed by atoms with Crippen molar-refractivity contribution >= 4 is 45.5 Å². The molecule has 67 heavy (non-hydrogen) atoms. The number of aromatic amines is 1. The summed E-state index contributed by atoms with van der Waals surface area (Å²) in [6, 6.07) is 23.1. The number of fused-ring (bicyclic) bond motifs is 11. The number of ketones is 1. The van der Waals surface area contributed by atoms with E-state index in [1.807, 2.05) is 48.7 Å². The number of ether oxygens (including phenoxy) is 5. The summed E-state index contributed by atoms with van der Waals surface area (Å²) in [6.45, 7) is -1.49. The van der Waals surface area contributed by atoms with E-state index in [1.54, 1.807) is 42.5 Å². The number of nitrogens with one attached hydrogen (secondary N) is 1. The number of carbonyl (C=O) groups is 2. The molecule has 14 nitrogen and oxygen atoms in total. The second-order valence-corrected chi connectivity index (χ2v) is 18.2. The number of aromatic nitrogens is 1. The number of benzene rings is 5. The highest BCUT2D eigenvalue weighted by molar-refractivity contribution is 6.14. The maximum atomic E-state index is 15.0. The summed E-state index contributed by atoms with van der Waals surface area (Å²) in [6.07, 6.45) is 5.17. The molecular formula is C53H50N2O12. The molecule has 2 bridgehead atoms. The van der Waals surface area contributed by atoms with E-state index in [2.05, 4.69) is 11.1 Å². The Labute approximate surface area is 385 Å². The molecule has 344 valence electrons. The molecule has 4 heterocycles. The normalized spacial score (nSPS) is 26.4. The van der Waals surface area contributed by atoms with E-state index < -0.39 is 48.7 Å². The molecular weight excluding hydrogens is 857 g/mol. The number of H-pyrrole nitrogens is 1. The number of methoxy groups -OCH3 is 1. The van der Waals surface area contributed by atoms with Gasteiger partial charge in [-0.2, -0.15) is 0 Å².